The molecule has 3 rings (SSSR count). The zero-order chi connectivity index (χ0) is 16.3. The van der Waals surface area contributed by atoms with Gasteiger partial charge in [0.15, 0.2) is 12.1 Å². The van der Waals surface area contributed by atoms with E-state index in [0.717, 1.165) is 24.8 Å². The molecule has 4 nitrogen and oxygen atoms in total. The number of unbranched alkanes of at least 4 members (excludes halogenated alkanes) is 1. The first kappa shape index (κ1) is 16.7. The van der Waals surface area contributed by atoms with Gasteiger partial charge >= 0.3 is 0 Å². The molecule has 2 aliphatic rings. The molecule has 2 fully saturated rings. The standard InChI is InChI=1S/C19H26O4/c1-4-5-7-12-15-16(20-13-14-10-8-6-9-11-14)17-18(21-15)23-19(2,3)22-17/h4,6,8-11,15-18H,1,5,7,12-13H2,2-3H3/t15-,16+,17-,18-/m1/s1. The molecule has 1 aromatic carbocycles. The van der Waals surface area contributed by atoms with Crippen LogP contribution in [0.4, 0.5) is 0 Å². The third kappa shape index (κ3) is 4.01. The fourth-order valence-electron chi connectivity index (χ4n) is 3.21. The van der Waals surface area contributed by atoms with Crippen LogP contribution in [0, 0.1) is 0 Å². The summed E-state index contributed by atoms with van der Waals surface area (Å²) in [6.07, 6.45) is 4.27. The lowest BCUT2D eigenvalue weighted by molar-refractivity contribution is -0.219. The molecule has 0 unspecified atom stereocenters. The van der Waals surface area contributed by atoms with Gasteiger partial charge in [-0.1, -0.05) is 36.4 Å². The summed E-state index contributed by atoms with van der Waals surface area (Å²) in [5.74, 6) is -0.615. The number of hydrogen-bond donors (Lipinski definition) is 0. The summed E-state index contributed by atoms with van der Waals surface area (Å²) in [6.45, 7) is 8.15. The minimum Gasteiger partial charge on any atom is -0.368 e. The highest BCUT2D eigenvalue weighted by molar-refractivity contribution is 5.13. The van der Waals surface area contributed by atoms with E-state index in [4.69, 9.17) is 18.9 Å². The number of allylic oxidation sites excluding steroid dienone is 1. The van der Waals surface area contributed by atoms with E-state index in [1.54, 1.807) is 0 Å². The summed E-state index contributed by atoms with van der Waals surface area (Å²) in [5.41, 5.74) is 1.15. The molecule has 0 aromatic heterocycles. The van der Waals surface area contributed by atoms with Gasteiger partial charge in [-0.25, -0.2) is 0 Å². The maximum absolute atomic E-state index is 6.18. The monoisotopic (exact) mass is 318 g/mol. The molecule has 0 saturated carbocycles. The predicted octanol–water partition coefficient (Wildman–Crippen LogP) is 3.80. The second kappa shape index (κ2) is 7.14. The van der Waals surface area contributed by atoms with E-state index in [0.29, 0.717) is 6.61 Å². The van der Waals surface area contributed by atoms with E-state index in [2.05, 4.69) is 18.7 Å². The Morgan fingerprint density at radius 1 is 1.22 bits per heavy atom. The van der Waals surface area contributed by atoms with Crippen LogP contribution in [0.15, 0.2) is 43.0 Å². The second-order valence-corrected chi connectivity index (χ2v) is 6.62. The van der Waals surface area contributed by atoms with Crippen molar-refractivity contribution in [2.75, 3.05) is 0 Å². The smallest absolute Gasteiger partial charge is 0.190 e. The Kier molecular flexibility index (Phi) is 5.17. The van der Waals surface area contributed by atoms with Gasteiger partial charge in [0.25, 0.3) is 0 Å². The van der Waals surface area contributed by atoms with Crippen LogP contribution < -0.4 is 0 Å². The molecule has 2 aliphatic heterocycles. The highest BCUT2D eigenvalue weighted by atomic mass is 16.8. The minimum atomic E-state index is -0.615. The lowest BCUT2D eigenvalue weighted by Crippen LogP contribution is -2.36. The Labute approximate surface area is 138 Å². The van der Waals surface area contributed by atoms with E-state index in [9.17, 15) is 0 Å². The van der Waals surface area contributed by atoms with Gasteiger partial charge < -0.3 is 18.9 Å². The number of hydrogen-bond acceptors (Lipinski definition) is 4. The molecule has 4 heteroatoms. The summed E-state index contributed by atoms with van der Waals surface area (Å²) in [7, 11) is 0. The maximum Gasteiger partial charge on any atom is 0.190 e. The molecule has 0 N–H and O–H groups in total. The maximum atomic E-state index is 6.18. The Morgan fingerprint density at radius 3 is 2.74 bits per heavy atom. The van der Waals surface area contributed by atoms with E-state index in [1.165, 1.54) is 0 Å². The van der Waals surface area contributed by atoms with Crippen LogP contribution in [0.1, 0.15) is 38.7 Å². The molecular weight excluding hydrogens is 292 g/mol. The molecule has 2 saturated heterocycles. The molecule has 0 bridgehead atoms. The number of fused-ring (bicyclic) bond motifs is 1. The van der Waals surface area contributed by atoms with E-state index >= 15 is 0 Å². The Balaban J connectivity index is 1.64. The molecule has 2 heterocycles. The summed E-state index contributed by atoms with van der Waals surface area (Å²) in [5, 5.41) is 0. The third-order valence-corrected chi connectivity index (χ3v) is 4.27. The molecule has 4 atom stereocenters. The van der Waals surface area contributed by atoms with Crippen molar-refractivity contribution < 1.29 is 18.9 Å². The summed E-state index contributed by atoms with van der Waals surface area (Å²) < 4.78 is 24.1. The zero-order valence-corrected chi connectivity index (χ0v) is 13.9. The van der Waals surface area contributed by atoms with Crippen molar-refractivity contribution in [2.24, 2.45) is 0 Å². The first-order valence-corrected chi connectivity index (χ1v) is 8.36. The molecule has 23 heavy (non-hydrogen) atoms. The topological polar surface area (TPSA) is 36.9 Å². The molecule has 1 aromatic rings. The van der Waals surface area contributed by atoms with Gasteiger partial charge in [0, 0.05) is 0 Å². The van der Waals surface area contributed by atoms with Crippen LogP contribution in [0.5, 0.6) is 0 Å². The van der Waals surface area contributed by atoms with Crippen molar-refractivity contribution in [3.05, 3.63) is 48.6 Å². The molecule has 126 valence electrons. The quantitative estimate of drug-likeness (QED) is 0.566. The Bertz CT molecular complexity index is 513. The van der Waals surface area contributed by atoms with Crippen LogP contribution in [-0.4, -0.2) is 30.4 Å². The minimum absolute atomic E-state index is 0.00441. The zero-order valence-electron chi connectivity index (χ0n) is 13.9. The SMILES string of the molecule is C=CCCC[C@H]1O[C@@H]2OC(C)(C)O[C@@H]2[C@H]1OCc1ccccc1. The molecule has 0 aliphatic carbocycles. The fourth-order valence-corrected chi connectivity index (χ4v) is 3.21. The average Bonchev–Trinajstić information content (AvgIpc) is 2.98. The Morgan fingerprint density at radius 2 is 2.00 bits per heavy atom. The van der Waals surface area contributed by atoms with Crippen molar-refractivity contribution in [3.8, 4) is 0 Å². The number of rotatable bonds is 7. The lowest BCUT2D eigenvalue weighted by Gasteiger charge is -2.26. The van der Waals surface area contributed by atoms with Crippen LogP contribution in [0.25, 0.3) is 0 Å². The van der Waals surface area contributed by atoms with Crippen molar-refractivity contribution in [1.82, 2.24) is 0 Å². The van der Waals surface area contributed by atoms with Crippen LogP contribution in [0.2, 0.25) is 0 Å². The van der Waals surface area contributed by atoms with Gasteiger partial charge in [0.2, 0.25) is 0 Å². The molecule has 0 radical (unpaired) electrons. The van der Waals surface area contributed by atoms with Crippen molar-refractivity contribution >= 4 is 0 Å². The normalized spacial score (nSPS) is 31.9. The van der Waals surface area contributed by atoms with Gasteiger partial charge in [-0.15, -0.1) is 6.58 Å². The molecule has 0 spiro atoms. The van der Waals surface area contributed by atoms with Gasteiger partial charge in [-0.05, 0) is 38.7 Å². The first-order valence-electron chi connectivity index (χ1n) is 8.36. The first-order chi connectivity index (χ1) is 11.1. The van der Waals surface area contributed by atoms with E-state index < -0.39 is 5.79 Å². The number of ether oxygens (including phenoxy) is 4. The second-order valence-electron chi connectivity index (χ2n) is 6.62. The fraction of sp³-hybridized carbons (Fsp3) is 0.579. The van der Waals surface area contributed by atoms with E-state index in [-0.39, 0.29) is 24.6 Å². The van der Waals surface area contributed by atoms with Crippen LogP contribution in [-0.2, 0) is 25.6 Å². The van der Waals surface area contributed by atoms with E-state index in [1.807, 2.05) is 38.1 Å². The van der Waals surface area contributed by atoms with Crippen molar-refractivity contribution in [2.45, 2.75) is 70.1 Å². The van der Waals surface area contributed by atoms with Crippen LogP contribution >= 0.6 is 0 Å². The van der Waals surface area contributed by atoms with Crippen LogP contribution in [0.3, 0.4) is 0 Å². The third-order valence-electron chi connectivity index (χ3n) is 4.27. The van der Waals surface area contributed by atoms with Gasteiger partial charge in [-0.3, -0.25) is 0 Å². The van der Waals surface area contributed by atoms with Gasteiger partial charge in [-0.2, -0.15) is 0 Å². The average molecular weight is 318 g/mol. The highest BCUT2D eigenvalue weighted by Gasteiger charge is 2.55. The summed E-state index contributed by atoms with van der Waals surface area (Å²) in [6, 6.07) is 10.2. The van der Waals surface area contributed by atoms with Crippen molar-refractivity contribution in [1.29, 1.82) is 0 Å². The molecule has 0 amide bonds. The summed E-state index contributed by atoms with van der Waals surface area (Å²) >= 11 is 0. The van der Waals surface area contributed by atoms with Crippen molar-refractivity contribution in [3.63, 3.8) is 0 Å². The lowest BCUT2D eigenvalue weighted by atomic mass is 10.0. The predicted molar refractivity (Wildman–Crippen MR) is 87.8 cm³/mol. The highest BCUT2D eigenvalue weighted by Crippen LogP contribution is 2.40. The Hall–Kier alpha value is -1.20. The largest absolute Gasteiger partial charge is 0.368 e. The van der Waals surface area contributed by atoms with Gasteiger partial charge in [0.05, 0.1) is 12.7 Å². The molecular formula is C19H26O4. The van der Waals surface area contributed by atoms with Gasteiger partial charge in [0.1, 0.15) is 12.2 Å². The summed E-state index contributed by atoms with van der Waals surface area (Å²) in [4.78, 5) is 0. The number of benzene rings is 1.